The van der Waals surface area contributed by atoms with E-state index in [0.717, 1.165) is 12.1 Å². The van der Waals surface area contributed by atoms with E-state index in [9.17, 15) is 31.7 Å². The van der Waals surface area contributed by atoms with Crippen molar-refractivity contribution in [1.82, 2.24) is 0 Å². The Labute approximate surface area is 106 Å². The van der Waals surface area contributed by atoms with E-state index in [-0.39, 0.29) is 0 Å². The molecule has 0 amide bonds. The van der Waals surface area contributed by atoms with Gasteiger partial charge in [0.15, 0.2) is 0 Å². The first kappa shape index (κ1) is 15.2. The first-order valence-electron chi connectivity index (χ1n) is 4.86. The third-order valence-corrected chi connectivity index (χ3v) is 3.08. The quantitative estimate of drug-likeness (QED) is 0.369. The second kappa shape index (κ2) is 5.03. The van der Waals surface area contributed by atoms with Crippen LogP contribution in [0.1, 0.15) is 12.5 Å². The first-order valence-corrected chi connectivity index (χ1v) is 6.27. The number of alkyl halides is 3. The van der Waals surface area contributed by atoms with Gasteiger partial charge in [0, 0.05) is 6.07 Å². The van der Waals surface area contributed by atoms with Crippen molar-refractivity contribution in [1.29, 1.82) is 0 Å². The lowest BCUT2D eigenvalue weighted by molar-refractivity contribution is -0.385. The van der Waals surface area contributed by atoms with E-state index in [1.54, 1.807) is 6.92 Å². The molecule has 0 radical (unpaired) electrons. The fraction of sp³-hybridized carbons (Fsp3) is 0.333. The Bertz CT molecular complexity index is 596. The van der Waals surface area contributed by atoms with Gasteiger partial charge in [-0.2, -0.15) is 21.6 Å². The molecule has 0 saturated carbocycles. The minimum atomic E-state index is -5.93. The highest BCUT2D eigenvalue weighted by Gasteiger charge is 2.49. The Kier molecular flexibility index (Phi) is 4.03. The minimum absolute atomic E-state index is 0.396. The third kappa shape index (κ3) is 3.34. The predicted octanol–water partition coefficient (Wildman–Crippen LogP) is 2.39. The maximum Gasteiger partial charge on any atom is 0.534 e. The molecule has 106 valence electrons. The topological polar surface area (TPSA) is 86.5 Å². The zero-order chi connectivity index (χ0) is 14.8. The van der Waals surface area contributed by atoms with Crippen molar-refractivity contribution in [2.24, 2.45) is 0 Å². The van der Waals surface area contributed by atoms with Crippen LogP contribution >= 0.6 is 0 Å². The Morgan fingerprint density at radius 3 is 2.37 bits per heavy atom. The van der Waals surface area contributed by atoms with Gasteiger partial charge in [0.05, 0.1) is 4.92 Å². The van der Waals surface area contributed by atoms with Crippen LogP contribution in [0.5, 0.6) is 5.75 Å². The van der Waals surface area contributed by atoms with Gasteiger partial charge in [0.2, 0.25) is 5.75 Å². The average Bonchev–Trinajstić information content (AvgIpc) is 2.27. The molecule has 0 aliphatic heterocycles. The highest BCUT2D eigenvalue weighted by molar-refractivity contribution is 7.88. The van der Waals surface area contributed by atoms with E-state index < -0.39 is 32.0 Å². The molecule has 0 bridgehead atoms. The molecule has 0 heterocycles. The summed E-state index contributed by atoms with van der Waals surface area (Å²) in [5.74, 6) is -0.973. The molecule has 0 N–H and O–H groups in total. The number of aryl methyl sites for hydroxylation is 1. The van der Waals surface area contributed by atoms with Crippen molar-refractivity contribution >= 4 is 15.8 Å². The summed E-state index contributed by atoms with van der Waals surface area (Å²) in [5, 5.41) is 10.7. The van der Waals surface area contributed by atoms with Crippen molar-refractivity contribution in [2.75, 3.05) is 0 Å². The molecule has 19 heavy (non-hydrogen) atoms. The number of benzene rings is 1. The summed E-state index contributed by atoms with van der Waals surface area (Å²) in [7, 11) is -5.93. The number of rotatable bonds is 4. The maximum atomic E-state index is 12.1. The SMILES string of the molecule is CCc1ccc(OS(=O)(=O)C(F)(F)F)c([N+](=O)[O-])c1. The van der Waals surface area contributed by atoms with Crippen LogP contribution in [0.2, 0.25) is 0 Å². The van der Waals surface area contributed by atoms with E-state index >= 15 is 0 Å². The highest BCUT2D eigenvalue weighted by Crippen LogP contribution is 2.33. The lowest BCUT2D eigenvalue weighted by Gasteiger charge is -2.10. The zero-order valence-electron chi connectivity index (χ0n) is 9.47. The third-order valence-electron chi connectivity index (χ3n) is 2.11. The molecule has 1 aromatic rings. The van der Waals surface area contributed by atoms with Gasteiger partial charge in [-0.15, -0.1) is 0 Å². The molecule has 0 aromatic heterocycles. The Balaban J connectivity index is 3.26. The Morgan fingerprint density at radius 1 is 1.37 bits per heavy atom. The van der Waals surface area contributed by atoms with E-state index in [1.807, 2.05) is 0 Å². The fourth-order valence-electron chi connectivity index (χ4n) is 1.16. The van der Waals surface area contributed by atoms with Crippen molar-refractivity contribution in [3.63, 3.8) is 0 Å². The number of halogens is 3. The van der Waals surface area contributed by atoms with Gasteiger partial charge in [-0.3, -0.25) is 10.1 Å². The summed E-state index contributed by atoms with van der Waals surface area (Å²) in [6.45, 7) is 1.67. The van der Waals surface area contributed by atoms with Crippen molar-refractivity contribution in [3.8, 4) is 5.75 Å². The van der Waals surface area contributed by atoms with Gasteiger partial charge >= 0.3 is 21.3 Å². The van der Waals surface area contributed by atoms with Crippen LogP contribution in [0.15, 0.2) is 18.2 Å². The molecule has 0 aliphatic rings. The van der Waals surface area contributed by atoms with Crippen LogP contribution < -0.4 is 4.18 Å². The number of nitro groups is 1. The second-order valence-corrected chi connectivity index (χ2v) is 4.93. The summed E-state index contributed by atoms with van der Waals surface area (Å²) < 4.78 is 61.7. The number of nitro benzene ring substituents is 1. The summed E-state index contributed by atoms with van der Waals surface area (Å²) in [6.07, 6.45) is 0.396. The van der Waals surface area contributed by atoms with Crippen molar-refractivity contribution < 1.29 is 30.7 Å². The predicted molar refractivity (Wildman–Crippen MR) is 58.1 cm³/mol. The zero-order valence-corrected chi connectivity index (χ0v) is 10.3. The highest BCUT2D eigenvalue weighted by atomic mass is 32.2. The van der Waals surface area contributed by atoms with Crippen LogP contribution in [0.4, 0.5) is 18.9 Å². The lowest BCUT2D eigenvalue weighted by atomic mass is 10.1. The molecular formula is C9H8F3NO5S. The van der Waals surface area contributed by atoms with Gasteiger partial charge in [-0.05, 0) is 18.1 Å². The lowest BCUT2D eigenvalue weighted by Crippen LogP contribution is -2.28. The summed E-state index contributed by atoms with van der Waals surface area (Å²) in [4.78, 5) is 9.66. The van der Waals surface area contributed by atoms with Gasteiger partial charge < -0.3 is 4.18 Å². The molecule has 10 heteroatoms. The minimum Gasteiger partial charge on any atom is -0.369 e. The molecule has 0 fully saturated rings. The number of hydrogen-bond donors (Lipinski definition) is 0. The van der Waals surface area contributed by atoms with E-state index in [0.29, 0.717) is 12.0 Å². The molecule has 0 atom stereocenters. The van der Waals surface area contributed by atoms with Crippen LogP contribution in [-0.4, -0.2) is 18.8 Å². The standard InChI is InChI=1S/C9H8F3NO5S/c1-2-6-3-4-8(7(5-6)13(14)15)18-19(16,17)9(10,11)12/h3-5H,2H2,1H3. The monoisotopic (exact) mass is 299 g/mol. The molecular weight excluding hydrogens is 291 g/mol. The van der Waals surface area contributed by atoms with Crippen LogP contribution in [0, 0.1) is 10.1 Å². The van der Waals surface area contributed by atoms with Crippen LogP contribution in [0.25, 0.3) is 0 Å². The summed E-state index contributed by atoms with van der Waals surface area (Å²) >= 11 is 0. The molecule has 1 rings (SSSR count). The maximum absolute atomic E-state index is 12.1. The normalized spacial score (nSPS) is 12.2. The van der Waals surface area contributed by atoms with E-state index in [1.165, 1.54) is 6.07 Å². The average molecular weight is 299 g/mol. The molecule has 0 aliphatic carbocycles. The second-order valence-electron chi connectivity index (χ2n) is 3.40. The molecule has 1 aromatic carbocycles. The number of nitrogens with zero attached hydrogens (tertiary/aromatic N) is 1. The van der Waals surface area contributed by atoms with Crippen molar-refractivity contribution in [3.05, 3.63) is 33.9 Å². The first-order chi connectivity index (χ1) is 8.58. The van der Waals surface area contributed by atoms with Gasteiger partial charge in [-0.25, -0.2) is 0 Å². The summed E-state index contributed by atoms with van der Waals surface area (Å²) in [5.41, 5.74) is -6.03. The van der Waals surface area contributed by atoms with Crippen LogP contribution in [-0.2, 0) is 16.5 Å². The molecule has 6 nitrogen and oxygen atoms in total. The number of hydrogen-bond acceptors (Lipinski definition) is 5. The molecule has 0 saturated heterocycles. The van der Waals surface area contributed by atoms with Gasteiger partial charge in [0.1, 0.15) is 0 Å². The Hall–Kier alpha value is -1.84. The van der Waals surface area contributed by atoms with Crippen molar-refractivity contribution in [2.45, 2.75) is 18.9 Å². The van der Waals surface area contributed by atoms with Gasteiger partial charge in [0.25, 0.3) is 0 Å². The van der Waals surface area contributed by atoms with Crippen LogP contribution in [0.3, 0.4) is 0 Å². The smallest absolute Gasteiger partial charge is 0.369 e. The summed E-state index contributed by atoms with van der Waals surface area (Å²) in [6, 6.07) is 3.02. The molecule has 0 unspecified atom stereocenters. The Morgan fingerprint density at radius 2 is 1.95 bits per heavy atom. The largest absolute Gasteiger partial charge is 0.534 e. The van der Waals surface area contributed by atoms with E-state index in [4.69, 9.17) is 0 Å². The fourth-order valence-corrected chi connectivity index (χ4v) is 1.63. The van der Waals surface area contributed by atoms with Gasteiger partial charge in [-0.1, -0.05) is 13.0 Å². The molecule has 0 spiro atoms. The van der Waals surface area contributed by atoms with E-state index in [2.05, 4.69) is 4.18 Å².